The fourth-order valence-corrected chi connectivity index (χ4v) is 1.99. The standard InChI is InChI=1S/C16H18N2O2/c1-3-20-14-8-9-15(17)16(10-14)18(2)13-6-4-12(11-19)5-7-13/h4-11H,3,17H2,1-2H3. The van der Waals surface area contributed by atoms with Crippen LogP contribution >= 0.6 is 0 Å². The molecule has 4 nitrogen and oxygen atoms in total. The van der Waals surface area contributed by atoms with Gasteiger partial charge in [-0.1, -0.05) is 0 Å². The fourth-order valence-electron chi connectivity index (χ4n) is 1.99. The molecule has 2 rings (SSSR count). The summed E-state index contributed by atoms with van der Waals surface area (Å²) < 4.78 is 5.50. The van der Waals surface area contributed by atoms with Gasteiger partial charge in [0.05, 0.1) is 18.0 Å². The highest BCUT2D eigenvalue weighted by Crippen LogP contribution is 2.32. The van der Waals surface area contributed by atoms with Crippen LogP contribution in [-0.4, -0.2) is 19.9 Å². The third kappa shape index (κ3) is 2.91. The van der Waals surface area contributed by atoms with Crippen LogP contribution in [0, 0.1) is 0 Å². The predicted molar refractivity (Wildman–Crippen MR) is 81.9 cm³/mol. The summed E-state index contributed by atoms with van der Waals surface area (Å²) in [4.78, 5) is 12.6. The van der Waals surface area contributed by atoms with Gasteiger partial charge in [0.15, 0.2) is 0 Å². The van der Waals surface area contributed by atoms with E-state index in [1.165, 1.54) is 0 Å². The molecule has 0 radical (unpaired) electrons. The number of hydrogen-bond acceptors (Lipinski definition) is 4. The fraction of sp³-hybridized carbons (Fsp3) is 0.188. The van der Waals surface area contributed by atoms with Crippen molar-refractivity contribution in [3.05, 3.63) is 48.0 Å². The number of nitrogens with two attached hydrogens (primary N) is 1. The molecule has 0 spiro atoms. The van der Waals surface area contributed by atoms with Crippen molar-refractivity contribution in [1.29, 1.82) is 0 Å². The Labute approximate surface area is 118 Å². The Morgan fingerprint density at radius 1 is 1.20 bits per heavy atom. The van der Waals surface area contributed by atoms with Crippen molar-refractivity contribution in [2.24, 2.45) is 0 Å². The number of anilines is 3. The zero-order chi connectivity index (χ0) is 14.5. The van der Waals surface area contributed by atoms with Gasteiger partial charge in [-0.05, 0) is 43.3 Å². The number of benzene rings is 2. The van der Waals surface area contributed by atoms with Crippen molar-refractivity contribution in [3.8, 4) is 5.75 Å². The summed E-state index contributed by atoms with van der Waals surface area (Å²) in [6.07, 6.45) is 0.827. The van der Waals surface area contributed by atoms with Gasteiger partial charge in [-0.25, -0.2) is 0 Å². The van der Waals surface area contributed by atoms with Crippen LogP contribution in [0.25, 0.3) is 0 Å². The first-order valence-electron chi connectivity index (χ1n) is 6.47. The first-order chi connectivity index (χ1) is 9.65. The first kappa shape index (κ1) is 13.9. The van der Waals surface area contributed by atoms with Crippen LogP contribution in [0.15, 0.2) is 42.5 Å². The Morgan fingerprint density at radius 2 is 1.90 bits per heavy atom. The number of nitrogen functional groups attached to an aromatic ring is 1. The minimum atomic E-state index is 0.612. The van der Waals surface area contributed by atoms with E-state index >= 15 is 0 Å². The summed E-state index contributed by atoms with van der Waals surface area (Å²) in [5.41, 5.74) is 9.18. The lowest BCUT2D eigenvalue weighted by atomic mass is 10.2. The third-order valence-electron chi connectivity index (χ3n) is 3.09. The lowest BCUT2D eigenvalue weighted by Gasteiger charge is -2.22. The topological polar surface area (TPSA) is 55.6 Å². The molecular weight excluding hydrogens is 252 g/mol. The Hall–Kier alpha value is -2.49. The number of ether oxygens (including phenoxy) is 1. The largest absolute Gasteiger partial charge is 0.494 e. The molecule has 0 saturated heterocycles. The molecule has 0 aliphatic heterocycles. The molecule has 0 unspecified atom stereocenters. The van der Waals surface area contributed by atoms with Crippen LogP contribution in [0.1, 0.15) is 17.3 Å². The van der Waals surface area contributed by atoms with Gasteiger partial charge in [-0.15, -0.1) is 0 Å². The van der Waals surface area contributed by atoms with E-state index in [2.05, 4.69) is 0 Å². The summed E-state index contributed by atoms with van der Waals surface area (Å²) in [7, 11) is 1.93. The number of hydrogen-bond donors (Lipinski definition) is 1. The van der Waals surface area contributed by atoms with Crippen LogP contribution in [0.5, 0.6) is 5.75 Å². The van der Waals surface area contributed by atoms with Crippen LogP contribution in [-0.2, 0) is 0 Å². The molecule has 0 fully saturated rings. The monoisotopic (exact) mass is 270 g/mol. The molecule has 0 bridgehead atoms. The smallest absolute Gasteiger partial charge is 0.150 e. The number of rotatable bonds is 5. The van der Waals surface area contributed by atoms with Crippen molar-refractivity contribution < 1.29 is 9.53 Å². The summed E-state index contributed by atoms with van der Waals surface area (Å²) in [6.45, 7) is 2.55. The molecule has 4 heteroatoms. The lowest BCUT2D eigenvalue weighted by Crippen LogP contribution is -2.12. The second-order valence-electron chi connectivity index (χ2n) is 4.42. The van der Waals surface area contributed by atoms with Crippen molar-refractivity contribution >= 4 is 23.3 Å². The SMILES string of the molecule is CCOc1ccc(N)c(N(C)c2ccc(C=O)cc2)c1. The van der Waals surface area contributed by atoms with E-state index in [0.717, 1.165) is 23.4 Å². The maximum absolute atomic E-state index is 10.7. The predicted octanol–water partition coefficient (Wildman–Crippen LogP) is 3.25. The summed E-state index contributed by atoms with van der Waals surface area (Å²) in [5.74, 6) is 0.785. The minimum absolute atomic E-state index is 0.612. The van der Waals surface area contributed by atoms with E-state index in [4.69, 9.17) is 10.5 Å². The number of carbonyl (C=O) groups is 1. The van der Waals surface area contributed by atoms with E-state index < -0.39 is 0 Å². The molecule has 104 valence electrons. The normalized spacial score (nSPS) is 10.1. The summed E-state index contributed by atoms with van der Waals surface area (Å²) >= 11 is 0. The van der Waals surface area contributed by atoms with E-state index in [-0.39, 0.29) is 0 Å². The Balaban J connectivity index is 2.33. The molecule has 2 aromatic carbocycles. The first-order valence-corrected chi connectivity index (χ1v) is 6.47. The average Bonchev–Trinajstić information content (AvgIpc) is 2.49. The molecule has 0 aliphatic rings. The highest BCUT2D eigenvalue weighted by molar-refractivity contribution is 5.79. The van der Waals surface area contributed by atoms with Gasteiger partial charge in [-0.2, -0.15) is 0 Å². The highest BCUT2D eigenvalue weighted by Gasteiger charge is 2.09. The van der Waals surface area contributed by atoms with Gasteiger partial charge in [0.25, 0.3) is 0 Å². The van der Waals surface area contributed by atoms with E-state index in [1.54, 1.807) is 12.1 Å². The molecule has 0 amide bonds. The second-order valence-corrected chi connectivity index (χ2v) is 4.42. The van der Waals surface area contributed by atoms with E-state index in [0.29, 0.717) is 17.9 Å². The van der Waals surface area contributed by atoms with Gasteiger partial charge < -0.3 is 15.4 Å². The molecule has 0 saturated carbocycles. The van der Waals surface area contributed by atoms with Gasteiger partial charge in [0.1, 0.15) is 12.0 Å². The molecule has 0 heterocycles. The highest BCUT2D eigenvalue weighted by atomic mass is 16.5. The Morgan fingerprint density at radius 3 is 2.50 bits per heavy atom. The van der Waals surface area contributed by atoms with Gasteiger partial charge in [-0.3, -0.25) is 4.79 Å². The van der Waals surface area contributed by atoms with Crippen LogP contribution in [0.4, 0.5) is 17.1 Å². The van der Waals surface area contributed by atoms with Gasteiger partial charge in [0.2, 0.25) is 0 Å². The van der Waals surface area contributed by atoms with Crippen LogP contribution in [0.2, 0.25) is 0 Å². The zero-order valence-electron chi connectivity index (χ0n) is 11.7. The third-order valence-corrected chi connectivity index (χ3v) is 3.09. The molecule has 2 aromatic rings. The maximum Gasteiger partial charge on any atom is 0.150 e. The summed E-state index contributed by atoms with van der Waals surface area (Å²) in [5, 5.41) is 0. The lowest BCUT2D eigenvalue weighted by molar-refractivity contribution is 0.112. The Kier molecular flexibility index (Phi) is 4.25. The van der Waals surface area contributed by atoms with Crippen molar-refractivity contribution in [1.82, 2.24) is 0 Å². The number of carbonyl (C=O) groups excluding carboxylic acids is 1. The molecule has 0 aromatic heterocycles. The molecule has 2 N–H and O–H groups in total. The second kappa shape index (κ2) is 6.10. The minimum Gasteiger partial charge on any atom is -0.494 e. The van der Waals surface area contributed by atoms with Crippen molar-refractivity contribution in [2.75, 3.05) is 24.3 Å². The van der Waals surface area contributed by atoms with Crippen LogP contribution < -0.4 is 15.4 Å². The van der Waals surface area contributed by atoms with Crippen molar-refractivity contribution in [3.63, 3.8) is 0 Å². The van der Waals surface area contributed by atoms with Crippen molar-refractivity contribution in [2.45, 2.75) is 6.92 Å². The van der Waals surface area contributed by atoms with Gasteiger partial charge in [0, 0.05) is 24.4 Å². The molecule has 0 atom stereocenters. The number of nitrogens with zero attached hydrogens (tertiary/aromatic N) is 1. The quantitative estimate of drug-likeness (QED) is 0.669. The zero-order valence-corrected chi connectivity index (χ0v) is 11.7. The Bertz CT molecular complexity index is 594. The summed E-state index contributed by atoms with van der Waals surface area (Å²) in [6, 6.07) is 12.9. The van der Waals surface area contributed by atoms with Gasteiger partial charge >= 0.3 is 0 Å². The van der Waals surface area contributed by atoms with E-state index in [9.17, 15) is 4.79 Å². The molecule has 20 heavy (non-hydrogen) atoms. The van der Waals surface area contributed by atoms with E-state index in [1.807, 2.05) is 49.2 Å². The molecular formula is C16H18N2O2. The maximum atomic E-state index is 10.7. The molecule has 0 aliphatic carbocycles. The average molecular weight is 270 g/mol. The van der Waals surface area contributed by atoms with Crippen LogP contribution in [0.3, 0.4) is 0 Å². The number of aldehydes is 1.